The number of aromatic nitrogens is 1. The number of halogens is 1. The molecule has 1 aromatic rings. The summed E-state index contributed by atoms with van der Waals surface area (Å²) in [6.07, 6.45) is 5.21. The van der Waals surface area contributed by atoms with Gasteiger partial charge in [0.05, 0.1) is 6.61 Å². The van der Waals surface area contributed by atoms with Crippen molar-refractivity contribution in [1.29, 1.82) is 0 Å². The number of piperidine rings is 1. The second-order valence-corrected chi connectivity index (χ2v) is 5.63. The Balaban J connectivity index is 2.08. The minimum atomic E-state index is 0.655. The van der Waals surface area contributed by atoms with E-state index >= 15 is 0 Å². The summed E-state index contributed by atoms with van der Waals surface area (Å²) in [5, 5.41) is 0. The standard InChI is InChI=1S/C13H19BrN2O/c1-2-10-17-12-4-3-7-15-13(12)16-8-5-11(14)6-9-16/h3-4,7,11H,2,5-6,8-10H2,1H3. The number of ether oxygens (including phenoxy) is 1. The Hall–Kier alpha value is -0.770. The van der Waals surface area contributed by atoms with E-state index in [2.05, 4.69) is 32.7 Å². The first-order valence-electron chi connectivity index (χ1n) is 6.28. The monoisotopic (exact) mass is 298 g/mol. The lowest BCUT2D eigenvalue weighted by molar-refractivity contribution is 0.316. The molecule has 2 rings (SSSR count). The summed E-state index contributed by atoms with van der Waals surface area (Å²) in [5.74, 6) is 1.92. The first-order chi connectivity index (χ1) is 8.31. The van der Waals surface area contributed by atoms with Crippen LogP contribution in [-0.4, -0.2) is 29.5 Å². The molecule has 0 aromatic carbocycles. The Morgan fingerprint density at radius 3 is 2.94 bits per heavy atom. The van der Waals surface area contributed by atoms with Gasteiger partial charge in [0.1, 0.15) is 0 Å². The molecule has 0 amide bonds. The summed E-state index contributed by atoms with van der Waals surface area (Å²) in [6.45, 7) is 4.98. The smallest absolute Gasteiger partial charge is 0.171 e. The van der Waals surface area contributed by atoms with Gasteiger partial charge in [-0.15, -0.1) is 0 Å². The van der Waals surface area contributed by atoms with E-state index in [0.717, 1.165) is 37.7 Å². The highest BCUT2D eigenvalue weighted by Crippen LogP contribution is 2.29. The van der Waals surface area contributed by atoms with Crippen LogP contribution in [-0.2, 0) is 0 Å². The normalized spacial score (nSPS) is 17.2. The van der Waals surface area contributed by atoms with Gasteiger partial charge in [-0.05, 0) is 31.4 Å². The van der Waals surface area contributed by atoms with Crippen LogP contribution in [0.3, 0.4) is 0 Å². The van der Waals surface area contributed by atoms with E-state index in [-0.39, 0.29) is 0 Å². The van der Waals surface area contributed by atoms with Crippen molar-refractivity contribution in [2.75, 3.05) is 24.6 Å². The molecular weight excluding hydrogens is 280 g/mol. The second kappa shape index (κ2) is 6.24. The highest BCUT2D eigenvalue weighted by molar-refractivity contribution is 9.09. The molecule has 0 aliphatic carbocycles. The molecule has 1 fully saturated rings. The molecule has 3 nitrogen and oxygen atoms in total. The van der Waals surface area contributed by atoms with Gasteiger partial charge in [-0.3, -0.25) is 0 Å². The Bertz CT molecular complexity index is 351. The van der Waals surface area contributed by atoms with Crippen molar-refractivity contribution in [3.05, 3.63) is 18.3 Å². The lowest BCUT2D eigenvalue weighted by Gasteiger charge is -2.31. The zero-order valence-corrected chi connectivity index (χ0v) is 11.8. The quantitative estimate of drug-likeness (QED) is 0.798. The topological polar surface area (TPSA) is 25.4 Å². The number of rotatable bonds is 4. The first kappa shape index (κ1) is 12.7. The van der Waals surface area contributed by atoms with Gasteiger partial charge < -0.3 is 9.64 Å². The minimum absolute atomic E-state index is 0.655. The van der Waals surface area contributed by atoms with Gasteiger partial charge in [0.15, 0.2) is 11.6 Å². The zero-order chi connectivity index (χ0) is 12.1. The van der Waals surface area contributed by atoms with Gasteiger partial charge in [-0.2, -0.15) is 0 Å². The summed E-state index contributed by atoms with van der Waals surface area (Å²) >= 11 is 3.67. The van der Waals surface area contributed by atoms with Crippen LogP contribution in [0.25, 0.3) is 0 Å². The third-order valence-corrected chi connectivity index (χ3v) is 3.85. The van der Waals surface area contributed by atoms with Crippen molar-refractivity contribution in [1.82, 2.24) is 4.98 Å². The first-order valence-corrected chi connectivity index (χ1v) is 7.19. The summed E-state index contributed by atoms with van der Waals surface area (Å²) in [7, 11) is 0. The van der Waals surface area contributed by atoms with E-state index in [4.69, 9.17) is 4.74 Å². The third kappa shape index (κ3) is 3.35. The summed E-state index contributed by atoms with van der Waals surface area (Å²) in [5.41, 5.74) is 0. The summed E-state index contributed by atoms with van der Waals surface area (Å²) in [6, 6.07) is 3.95. The average molecular weight is 299 g/mol. The number of hydrogen-bond acceptors (Lipinski definition) is 3. The van der Waals surface area contributed by atoms with E-state index < -0.39 is 0 Å². The fourth-order valence-electron chi connectivity index (χ4n) is 2.00. The van der Waals surface area contributed by atoms with E-state index in [0.29, 0.717) is 4.83 Å². The van der Waals surface area contributed by atoms with Crippen LogP contribution in [0.15, 0.2) is 18.3 Å². The van der Waals surface area contributed by atoms with Crippen molar-refractivity contribution in [3.63, 3.8) is 0 Å². The van der Waals surface area contributed by atoms with Crippen LogP contribution in [0.5, 0.6) is 5.75 Å². The predicted molar refractivity (Wildman–Crippen MR) is 74.2 cm³/mol. The van der Waals surface area contributed by atoms with E-state index in [1.54, 1.807) is 0 Å². The molecule has 1 aromatic heterocycles. The van der Waals surface area contributed by atoms with Crippen molar-refractivity contribution in [2.45, 2.75) is 31.0 Å². The molecule has 17 heavy (non-hydrogen) atoms. The zero-order valence-electron chi connectivity index (χ0n) is 10.2. The fourth-order valence-corrected chi connectivity index (χ4v) is 2.41. The lowest BCUT2D eigenvalue weighted by atomic mass is 10.1. The minimum Gasteiger partial charge on any atom is -0.490 e. The fraction of sp³-hybridized carbons (Fsp3) is 0.615. The Labute approximate surface area is 111 Å². The Morgan fingerprint density at radius 1 is 1.47 bits per heavy atom. The Kier molecular flexibility index (Phi) is 4.66. The maximum absolute atomic E-state index is 5.75. The molecule has 0 saturated carbocycles. The van der Waals surface area contributed by atoms with Crippen LogP contribution in [0.4, 0.5) is 5.82 Å². The number of nitrogens with zero attached hydrogens (tertiary/aromatic N) is 2. The van der Waals surface area contributed by atoms with Crippen LogP contribution < -0.4 is 9.64 Å². The molecule has 0 atom stereocenters. The van der Waals surface area contributed by atoms with Crippen LogP contribution in [0, 0.1) is 0 Å². The van der Waals surface area contributed by atoms with Crippen LogP contribution in [0.2, 0.25) is 0 Å². The molecule has 0 bridgehead atoms. The molecular formula is C13H19BrN2O. The number of hydrogen-bond donors (Lipinski definition) is 0. The van der Waals surface area contributed by atoms with E-state index in [1.807, 2.05) is 18.3 Å². The van der Waals surface area contributed by atoms with Gasteiger partial charge in [0, 0.05) is 24.1 Å². The summed E-state index contributed by atoms with van der Waals surface area (Å²) in [4.78, 5) is 7.44. The average Bonchev–Trinajstić information content (AvgIpc) is 2.38. The molecule has 0 spiro atoms. The van der Waals surface area contributed by atoms with Crippen LogP contribution >= 0.6 is 15.9 Å². The molecule has 94 valence electrons. The second-order valence-electron chi connectivity index (χ2n) is 4.34. The van der Waals surface area contributed by atoms with Crippen LogP contribution in [0.1, 0.15) is 26.2 Å². The van der Waals surface area contributed by atoms with Gasteiger partial charge in [-0.25, -0.2) is 4.98 Å². The molecule has 1 aliphatic rings. The molecule has 0 N–H and O–H groups in total. The number of pyridine rings is 1. The molecule has 0 radical (unpaired) electrons. The largest absolute Gasteiger partial charge is 0.490 e. The van der Waals surface area contributed by atoms with Crippen molar-refractivity contribution < 1.29 is 4.74 Å². The molecule has 4 heteroatoms. The summed E-state index contributed by atoms with van der Waals surface area (Å²) < 4.78 is 5.75. The third-order valence-electron chi connectivity index (χ3n) is 2.94. The van der Waals surface area contributed by atoms with E-state index in [1.165, 1.54) is 12.8 Å². The molecule has 2 heterocycles. The van der Waals surface area contributed by atoms with Gasteiger partial charge >= 0.3 is 0 Å². The van der Waals surface area contributed by atoms with Gasteiger partial charge in [0.2, 0.25) is 0 Å². The van der Waals surface area contributed by atoms with Crippen molar-refractivity contribution in [3.8, 4) is 5.75 Å². The predicted octanol–water partition coefficient (Wildman–Crippen LogP) is 3.23. The Morgan fingerprint density at radius 2 is 2.24 bits per heavy atom. The van der Waals surface area contributed by atoms with Crippen molar-refractivity contribution >= 4 is 21.7 Å². The van der Waals surface area contributed by atoms with Gasteiger partial charge in [0.25, 0.3) is 0 Å². The highest BCUT2D eigenvalue weighted by atomic mass is 79.9. The van der Waals surface area contributed by atoms with Crippen molar-refractivity contribution in [2.24, 2.45) is 0 Å². The SMILES string of the molecule is CCCOc1cccnc1N1CCC(Br)CC1. The molecule has 0 unspecified atom stereocenters. The maximum atomic E-state index is 5.75. The molecule has 1 saturated heterocycles. The lowest BCUT2D eigenvalue weighted by Crippen LogP contribution is -2.34. The van der Waals surface area contributed by atoms with E-state index in [9.17, 15) is 0 Å². The maximum Gasteiger partial charge on any atom is 0.171 e. The highest BCUT2D eigenvalue weighted by Gasteiger charge is 2.20. The number of anilines is 1. The number of alkyl halides is 1. The molecule has 1 aliphatic heterocycles. The van der Waals surface area contributed by atoms with Gasteiger partial charge in [-0.1, -0.05) is 22.9 Å².